The van der Waals surface area contributed by atoms with E-state index < -0.39 is 6.10 Å². The van der Waals surface area contributed by atoms with Crippen molar-refractivity contribution < 1.29 is 9.84 Å². The summed E-state index contributed by atoms with van der Waals surface area (Å²) in [5, 5.41) is 13.0. The van der Waals surface area contributed by atoms with Crippen LogP contribution in [0.2, 0.25) is 0 Å². The number of aliphatic hydroxyl groups excluding tert-OH is 1. The SMILES string of the molecule is Cc1cccc(CCNCC(O)COc2cnsn2)c1. The van der Waals surface area contributed by atoms with Crippen LogP contribution in [-0.4, -0.2) is 39.7 Å². The molecule has 0 aliphatic carbocycles. The second kappa shape index (κ2) is 7.94. The van der Waals surface area contributed by atoms with Crippen LogP contribution in [-0.2, 0) is 6.42 Å². The molecule has 0 spiro atoms. The Morgan fingerprint density at radius 3 is 3.10 bits per heavy atom. The fourth-order valence-electron chi connectivity index (χ4n) is 1.83. The lowest BCUT2D eigenvalue weighted by molar-refractivity contribution is 0.104. The van der Waals surface area contributed by atoms with Crippen molar-refractivity contribution in [1.29, 1.82) is 0 Å². The van der Waals surface area contributed by atoms with E-state index in [1.54, 1.807) is 6.20 Å². The van der Waals surface area contributed by atoms with Crippen molar-refractivity contribution in [2.75, 3.05) is 19.7 Å². The van der Waals surface area contributed by atoms with Gasteiger partial charge in [-0.05, 0) is 25.5 Å². The topological polar surface area (TPSA) is 67.3 Å². The number of nitrogens with one attached hydrogen (secondary N) is 1. The van der Waals surface area contributed by atoms with E-state index in [4.69, 9.17) is 4.74 Å². The Labute approximate surface area is 122 Å². The van der Waals surface area contributed by atoms with Gasteiger partial charge in [0.1, 0.15) is 18.9 Å². The van der Waals surface area contributed by atoms with Gasteiger partial charge >= 0.3 is 0 Å². The first kappa shape index (κ1) is 14.9. The molecule has 2 N–H and O–H groups in total. The van der Waals surface area contributed by atoms with E-state index in [-0.39, 0.29) is 6.61 Å². The molecular formula is C14H19N3O2S. The first-order chi connectivity index (χ1) is 9.74. The quantitative estimate of drug-likeness (QED) is 0.721. The summed E-state index contributed by atoms with van der Waals surface area (Å²) in [4.78, 5) is 0. The minimum Gasteiger partial charge on any atom is -0.473 e. The number of hydrogen-bond acceptors (Lipinski definition) is 6. The van der Waals surface area contributed by atoms with Crippen LogP contribution in [0.3, 0.4) is 0 Å². The average molecular weight is 293 g/mol. The minimum atomic E-state index is -0.547. The number of aromatic nitrogens is 2. The number of rotatable bonds is 8. The molecular weight excluding hydrogens is 274 g/mol. The Morgan fingerprint density at radius 1 is 1.45 bits per heavy atom. The molecule has 1 aromatic heterocycles. The Balaban J connectivity index is 1.58. The third kappa shape index (κ3) is 5.24. The number of aryl methyl sites for hydroxylation is 1. The van der Waals surface area contributed by atoms with Crippen LogP contribution in [0.1, 0.15) is 11.1 Å². The Kier molecular flexibility index (Phi) is 5.91. The summed E-state index contributed by atoms with van der Waals surface area (Å²) in [5.74, 6) is 0.466. The predicted molar refractivity (Wildman–Crippen MR) is 79.2 cm³/mol. The molecule has 0 aliphatic heterocycles. The molecule has 0 amide bonds. The summed E-state index contributed by atoms with van der Waals surface area (Å²) in [6, 6.07) is 8.44. The molecule has 2 rings (SSSR count). The van der Waals surface area contributed by atoms with Gasteiger partial charge in [-0.2, -0.15) is 4.37 Å². The highest BCUT2D eigenvalue weighted by atomic mass is 32.1. The molecule has 0 bridgehead atoms. The molecule has 2 aromatic rings. The molecule has 20 heavy (non-hydrogen) atoms. The Hall–Kier alpha value is -1.50. The van der Waals surface area contributed by atoms with Crippen molar-refractivity contribution in [2.45, 2.75) is 19.4 Å². The van der Waals surface area contributed by atoms with Crippen molar-refractivity contribution >= 4 is 11.7 Å². The number of nitrogens with zero attached hydrogens (tertiary/aromatic N) is 2. The third-order valence-electron chi connectivity index (χ3n) is 2.82. The first-order valence-corrected chi connectivity index (χ1v) is 7.32. The fraction of sp³-hybridized carbons (Fsp3) is 0.429. The number of hydrogen-bond donors (Lipinski definition) is 2. The average Bonchev–Trinajstić information content (AvgIpc) is 2.95. The monoisotopic (exact) mass is 293 g/mol. The summed E-state index contributed by atoms with van der Waals surface area (Å²) >= 11 is 1.09. The van der Waals surface area contributed by atoms with E-state index in [9.17, 15) is 5.11 Å². The highest BCUT2D eigenvalue weighted by molar-refractivity contribution is 6.99. The van der Waals surface area contributed by atoms with Gasteiger partial charge in [0.2, 0.25) is 5.88 Å². The van der Waals surface area contributed by atoms with Crippen LogP contribution in [0.15, 0.2) is 30.5 Å². The van der Waals surface area contributed by atoms with Crippen LogP contribution >= 0.6 is 11.7 Å². The molecule has 6 heteroatoms. The summed E-state index contributed by atoms with van der Waals surface area (Å²) in [6.07, 6.45) is 1.95. The zero-order valence-electron chi connectivity index (χ0n) is 11.5. The lowest BCUT2D eigenvalue weighted by atomic mass is 10.1. The second-order valence-corrected chi connectivity index (χ2v) is 5.21. The molecule has 1 atom stereocenters. The molecule has 108 valence electrons. The maximum Gasteiger partial charge on any atom is 0.245 e. The van der Waals surface area contributed by atoms with Gasteiger partial charge < -0.3 is 15.2 Å². The van der Waals surface area contributed by atoms with Gasteiger partial charge in [0.05, 0.1) is 11.7 Å². The van der Waals surface area contributed by atoms with Gasteiger partial charge in [-0.1, -0.05) is 29.8 Å². The molecule has 5 nitrogen and oxygen atoms in total. The molecule has 0 aliphatic rings. The van der Waals surface area contributed by atoms with Crippen molar-refractivity contribution in [3.63, 3.8) is 0 Å². The maximum absolute atomic E-state index is 9.76. The standard InChI is InChI=1S/C14H19N3O2S/c1-11-3-2-4-12(7-11)5-6-15-8-13(18)10-19-14-9-16-20-17-14/h2-4,7,9,13,15,18H,5-6,8,10H2,1H3. The van der Waals surface area contributed by atoms with Crippen molar-refractivity contribution in [1.82, 2.24) is 14.1 Å². The summed E-state index contributed by atoms with van der Waals surface area (Å²) in [6.45, 7) is 3.65. The minimum absolute atomic E-state index is 0.225. The highest BCUT2D eigenvalue weighted by Gasteiger charge is 2.06. The van der Waals surface area contributed by atoms with Crippen LogP contribution < -0.4 is 10.1 Å². The van der Waals surface area contributed by atoms with Gasteiger partial charge in [-0.15, -0.1) is 4.37 Å². The molecule has 1 aromatic carbocycles. The van der Waals surface area contributed by atoms with Crippen molar-refractivity contribution in [3.8, 4) is 5.88 Å². The van der Waals surface area contributed by atoms with Gasteiger partial charge in [0.15, 0.2) is 0 Å². The summed E-state index contributed by atoms with van der Waals surface area (Å²) in [7, 11) is 0. The Morgan fingerprint density at radius 2 is 2.35 bits per heavy atom. The summed E-state index contributed by atoms with van der Waals surface area (Å²) < 4.78 is 13.0. The van der Waals surface area contributed by atoms with Crippen LogP contribution in [0.5, 0.6) is 5.88 Å². The van der Waals surface area contributed by atoms with E-state index in [1.807, 2.05) is 0 Å². The molecule has 0 saturated carbocycles. The van der Waals surface area contributed by atoms with E-state index in [0.717, 1.165) is 24.7 Å². The zero-order chi connectivity index (χ0) is 14.2. The maximum atomic E-state index is 9.76. The third-order valence-corrected chi connectivity index (χ3v) is 3.28. The van der Waals surface area contributed by atoms with E-state index >= 15 is 0 Å². The molecule has 0 radical (unpaired) electrons. The number of benzene rings is 1. The normalized spacial score (nSPS) is 12.3. The fourth-order valence-corrected chi connectivity index (χ4v) is 2.19. The lowest BCUT2D eigenvalue weighted by Gasteiger charge is -2.12. The molecule has 0 saturated heterocycles. The van der Waals surface area contributed by atoms with Crippen LogP contribution in [0, 0.1) is 6.92 Å². The van der Waals surface area contributed by atoms with Crippen LogP contribution in [0.4, 0.5) is 0 Å². The predicted octanol–water partition coefficient (Wildman–Crippen LogP) is 1.42. The van der Waals surface area contributed by atoms with Crippen LogP contribution in [0.25, 0.3) is 0 Å². The zero-order valence-corrected chi connectivity index (χ0v) is 12.3. The largest absolute Gasteiger partial charge is 0.473 e. The van der Waals surface area contributed by atoms with Gasteiger partial charge in [0.25, 0.3) is 0 Å². The van der Waals surface area contributed by atoms with Gasteiger partial charge in [0, 0.05) is 6.54 Å². The van der Waals surface area contributed by atoms with Gasteiger partial charge in [-0.25, -0.2) is 0 Å². The summed E-state index contributed by atoms with van der Waals surface area (Å²) in [5.41, 5.74) is 2.57. The number of aliphatic hydroxyl groups is 1. The van der Waals surface area contributed by atoms with E-state index in [1.165, 1.54) is 11.1 Å². The molecule has 1 unspecified atom stereocenters. The first-order valence-electron chi connectivity index (χ1n) is 6.59. The lowest BCUT2D eigenvalue weighted by Crippen LogP contribution is -2.32. The molecule has 0 fully saturated rings. The van der Waals surface area contributed by atoms with Crippen molar-refractivity contribution in [2.24, 2.45) is 0 Å². The van der Waals surface area contributed by atoms with Gasteiger partial charge in [-0.3, -0.25) is 0 Å². The smallest absolute Gasteiger partial charge is 0.245 e. The number of ether oxygens (including phenoxy) is 1. The van der Waals surface area contributed by atoms with E-state index in [2.05, 4.69) is 45.3 Å². The highest BCUT2D eigenvalue weighted by Crippen LogP contribution is 2.05. The van der Waals surface area contributed by atoms with E-state index in [0.29, 0.717) is 12.4 Å². The Bertz CT molecular complexity index is 505. The molecule has 1 heterocycles. The van der Waals surface area contributed by atoms with Crippen molar-refractivity contribution in [3.05, 3.63) is 41.6 Å². The second-order valence-electron chi connectivity index (χ2n) is 4.65.